The lowest BCUT2D eigenvalue weighted by atomic mass is 10.0. The van der Waals surface area contributed by atoms with Gasteiger partial charge < -0.3 is 5.73 Å². The molecule has 0 aliphatic carbocycles. The van der Waals surface area contributed by atoms with Crippen molar-refractivity contribution in [1.82, 2.24) is 15.0 Å². The molecule has 0 spiro atoms. The molecular weight excluding hydrogens is 255 g/mol. The molecule has 0 saturated carbocycles. The summed E-state index contributed by atoms with van der Waals surface area (Å²) in [6, 6.07) is 4.55. The lowest BCUT2D eigenvalue weighted by Gasteiger charge is -2.13. The minimum atomic E-state index is -0.559. The molecule has 2 aromatic rings. The highest BCUT2D eigenvalue weighted by atomic mass is 35.5. The topological polar surface area (TPSA) is 56.7 Å². The van der Waals surface area contributed by atoms with Crippen LogP contribution in [0.15, 0.2) is 24.4 Å². The van der Waals surface area contributed by atoms with E-state index in [1.165, 1.54) is 6.07 Å². The Balaban J connectivity index is 2.21. The van der Waals surface area contributed by atoms with Crippen LogP contribution in [0.25, 0.3) is 0 Å². The van der Waals surface area contributed by atoms with Crippen LogP contribution < -0.4 is 5.73 Å². The predicted octanol–water partition coefficient (Wildman–Crippen LogP) is 2.31. The van der Waals surface area contributed by atoms with Crippen LogP contribution >= 0.6 is 11.6 Å². The third-order valence-corrected chi connectivity index (χ3v) is 2.78. The van der Waals surface area contributed by atoms with Crippen LogP contribution in [-0.2, 0) is 12.1 Å². The molecule has 4 nitrogen and oxygen atoms in total. The number of nitrogens with two attached hydrogens (primary N) is 1. The molecule has 6 heteroatoms. The molecule has 0 radical (unpaired) electrons. The normalized spacial score (nSPS) is 11.8. The zero-order valence-corrected chi connectivity index (χ0v) is 10.9. The average molecular weight is 269 g/mol. The SMILES string of the molecule is CC(C)(N)c1cn(Cc2ccc(Cl)cc2F)nn1. The molecule has 2 rings (SSSR count). The number of hydrogen-bond acceptors (Lipinski definition) is 3. The van der Waals surface area contributed by atoms with E-state index in [2.05, 4.69) is 10.3 Å². The molecule has 96 valence electrons. The second-order valence-corrected chi connectivity index (χ2v) is 5.20. The molecule has 2 N–H and O–H groups in total. The van der Waals surface area contributed by atoms with Gasteiger partial charge in [-0.25, -0.2) is 9.07 Å². The molecule has 0 atom stereocenters. The second-order valence-electron chi connectivity index (χ2n) is 4.76. The Bertz CT molecular complexity index is 559. The smallest absolute Gasteiger partial charge is 0.129 e. The van der Waals surface area contributed by atoms with Crippen molar-refractivity contribution in [2.24, 2.45) is 5.73 Å². The molecule has 0 aliphatic heterocycles. The third kappa shape index (κ3) is 2.86. The molecule has 0 fully saturated rings. The molecule has 0 unspecified atom stereocenters. The number of aromatic nitrogens is 3. The summed E-state index contributed by atoms with van der Waals surface area (Å²) >= 11 is 5.69. The number of benzene rings is 1. The van der Waals surface area contributed by atoms with Crippen LogP contribution in [0.5, 0.6) is 0 Å². The van der Waals surface area contributed by atoms with Gasteiger partial charge in [0.25, 0.3) is 0 Å². The number of nitrogens with zero attached hydrogens (tertiary/aromatic N) is 3. The Kier molecular flexibility index (Phi) is 3.36. The minimum Gasteiger partial charge on any atom is -0.320 e. The maximum absolute atomic E-state index is 13.6. The van der Waals surface area contributed by atoms with Crippen LogP contribution in [-0.4, -0.2) is 15.0 Å². The standard InChI is InChI=1S/C12H14ClFN4/c1-12(2,15)11-7-18(17-16-11)6-8-3-4-9(13)5-10(8)14/h3-5,7H,6,15H2,1-2H3. The van der Waals surface area contributed by atoms with Crippen LogP contribution in [0, 0.1) is 5.82 Å². The van der Waals surface area contributed by atoms with Gasteiger partial charge in [-0.1, -0.05) is 22.9 Å². The first-order chi connectivity index (χ1) is 8.36. The molecule has 1 heterocycles. The molecular formula is C12H14ClFN4. The second kappa shape index (κ2) is 4.66. The van der Waals surface area contributed by atoms with Crippen LogP contribution in [0.3, 0.4) is 0 Å². The molecule has 0 bridgehead atoms. The van der Waals surface area contributed by atoms with Crippen molar-refractivity contribution < 1.29 is 4.39 Å². The van der Waals surface area contributed by atoms with Gasteiger partial charge in [0.15, 0.2) is 0 Å². The van der Waals surface area contributed by atoms with E-state index in [1.54, 1.807) is 23.0 Å². The van der Waals surface area contributed by atoms with E-state index >= 15 is 0 Å². The average Bonchev–Trinajstić information content (AvgIpc) is 2.70. The molecule has 0 aliphatic rings. The fourth-order valence-electron chi connectivity index (χ4n) is 1.50. The van der Waals surface area contributed by atoms with Crippen LogP contribution in [0.4, 0.5) is 4.39 Å². The molecule has 0 amide bonds. The van der Waals surface area contributed by atoms with E-state index in [-0.39, 0.29) is 5.82 Å². The van der Waals surface area contributed by atoms with E-state index in [0.29, 0.717) is 22.8 Å². The summed E-state index contributed by atoms with van der Waals surface area (Å²) in [4.78, 5) is 0. The van der Waals surface area contributed by atoms with Gasteiger partial charge >= 0.3 is 0 Å². The Labute approximate surface area is 110 Å². The Hall–Kier alpha value is -1.46. The van der Waals surface area contributed by atoms with Crippen molar-refractivity contribution in [1.29, 1.82) is 0 Å². The first-order valence-corrected chi connectivity index (χ1v) is 5.87. The van der Waals surface area contributed by atoms with Crippen LogP contribution in [0.1, 0.15) is 25.1 Å². The van der Waals surface area contributed by atoms with E-state index in [0.717, 1.165) is 0 Å². The highest BCUT2D eigenvalue weighted by Gasteiger charge is 2.18. The molecule has 18 heavy (non-hydrogen) atoms. The first kappa shape index (κ1) is 13.0. The van der Waals surface area contributed by atoms with Gasteiger partial charge in [0.1, 0.15) is 11.5 Å². The molecule has 1 aromatic carbocycles. The number of rotatable bonds is 3. The largest absolute Gasteiger partial charge is 0.320 e. The molecule has 1 aromatic heterocycles. The Morgan fingerprint density at radius 1 is 1.44 bits per heavy atom. The Morgan fingerprint density at radius 2 is 2.17 bits per heavy atom. The van der Waals surface area contributed by atoms with Crippen molar-refractivity contribution in [3.05, 3.63) is 46.5 Å². The first-order valence-electron chi connectivity index (χ1n) is 5.49. The minimum absolute atomic E-state index is 0.298. The quantitative estimate of drug-likeness (QED) is 0.929. The maximum atomic E-state index is 13.6. The monoisotopic (exact) mass is 268 g/mol. The maximum Gasteiger partial charge on any atom is 0.129 e. The van der Waals surface area contributed by atoms with Gasteiger partial charge in [-0.3, -0.25) is 0 Å². The third-order valence-electron chi connectivity index (χ3n) is 2.55. The fourth-order valence-corrected chi connectivity index (χ4v) is 1.65. The summed E-state index contributed by atoms with van der Waals surface area (Å²) < 4.78 is 15.2. The van der Waals surface area contributed by atoms with Gasteiger partial charge in [-0.15, -0.1) is 5.10 Å². The van der Waals surface area contributed by atoms with Crippen molar-refractivity contribution in [3.63, 3.8) is 0 Å². The summed E-state index contributed by atoms with van der Waals surface area (Å²) in [5.74, 6) is -0.355. The van der Waals surface area contributed by atoms with Gasteiger partial charge in [0, 0.05) is 10.6 Å². The fraction of sp³-hybridized carbons (Fsp3) is 0.333. The summed E-state index contributed by atoms with van der Waals surface area (Å²) in [6.07, 6.45) is 1.72. The lowest BCUT2D eigenvalue weighted by molar-refractivity contribution is 0.533. The van der Waals surface area contributed by atoms with Crippen LogP contribution in [0.2, 0.25) is 5.02 Å². The summed E-state index contributed by atoms with van der Waals surface area (Å²) in [6.45, 7) is 3.97. The van der Waals surface area contributed by atoms with Gasteiger partial charge in [0.05, 0.1) is 18.3 Å². The van der Waals surface area contributed by atoms with Crippen molar-refractivity contribution in [2.75, 3.05) is 0 Å². The van der Waals surface area contributed by atoms with E-state index < -0.39 is 5.54 Å². The van der Waals surface area contributed by atoms with Gasteiger partial charge in [-0.2, -0.15) is 0 Å². The lowest BCUT2D eigenvalue weighted by Crippen LogP contribution is -2.29. The number of halogens is 2. The van der Waals surface area contributed by atoms with Crippen molar-refractivity contribution in [3.8, 4) is 0 Å². The van der Waals surface area contributed by atoms with E-state index in [9.17, 15) is 4.39 Å². The zero-order valence-electron chi connectivity index (χ0n) is 10.2. The highest BCUT2D eigenvalue weighted by Crippen LogP contribution is 2.17. The Morgan fingerprint density at radius 3 is 2.72 bits per heavy atom. The van der Waals surface area contributed by atoms with E-state index in [4.69, 9.17) is 17.3 Å². The highest BCUT2D eigenvalue weighted by molar-refractivity contribution is 6.30. The van der Waals surface area contributed by atoms with E-state index in [1.807, 2.05) is 13.8 Å². The zero-order chi connectivity index (χ0) is 13.3. The summed E-state index contributed by atoms with van der Waals surface area (Å²) in [5.41, 5.74) is 6.52. The van der Waals surface area contributed by atoms with Gasteiger partial charge in [0.2, 0.25) is 0 Å². The van der Waals surface area contributed by atoms with Gasteiger partial charge in [-0.05, 0) is 26.0 Å². The number of hydrogen-bond donors (Lipinski definition) is 1. The summed E-state index contributed by atoms with van der Waals surface area (Å²) in [7, 11) is 0. The molecule has 0 saturated heterocycles. The van der Waals surface area contributed by atoms with Crippen molar-refractivity contribution in [2.45, 2.75) is 25.9 Å². The summed E-state index contributed by atoms with van der Waals surface area (Å²) in [5, 5.41) is 8.27. The van der Waals surface area contributed by atoms with Crippen molar-refractivity contribution >= 4 is 11.6 Å². The predicted molar refractivity (Wildman–Crippen MR) is 67.7 cm³/mol.